The molecule has 0 radical (unpaired) electrons. The minimum Gasteiger partial charge on any atom is -0.466 e. The third-order valence-corrected chi connectivity index (χ3v) is 5.08. The van der Waals surface area contributed by atoms with Gasteiger partial charge in [0.15, 0.2) is 0 Å². The van der Waals surface area contributed by atoms with E-state index in [1.165, 1.54) is 26.4 Å². The van der Waals surface area contributed by atoms with Crippen molar-refractivity contribution in [1.82, 2.24) is 4.90 Å². The van der Waals surface area contributed by atoms with Crippen molar-refractivity contribution < 1.29 is 23.5 Å². The van der Waals surface area contributed by atoms with Crippen LogP contribution in [0.3, 0.4) is 0 Å². The first kappa shape index (κ1) is 20.8. The van der Waals surface area contributed by atoms with Crippen molar-refractivity contribution in [3.8, 4) is 0 Å². The maximum atomic E-state index is 13.2. The predicted octanol–water partition coefficient (Wildman–Crippen LogP) is 4.30. The molecule has 0 unspecified atom stereocenters. The van der Waals surface area contributed by atoms with E-state index < -0.39 is 17.9 Å². The molecule has 0 spiro atoms. The molecule has 7 heteroatoms. The molecule has 5 nitrogen and oxygen atoms in total. The van der Waals surface area contributed by atoms with Crippen LogP contribution in [-0.4, -0.2) is 31.1 Å². The van der Waals surface area contributed by atoms with Crippen molar-refractivity contribution >= 4 is 27.9 Å². The number of rotatable bonds is 5. The largest absolute Gasteiger partial charge is 0.466 e. The molecule has 3 rings (SSSR count). The van der Waals surface area contributed by atoms with E-state index in [4.69, 9.17) is 9.47 Å². The zero-order chi connectivity index (χ0) is 21.0. The summed E-state index contributed by atoms with van der Waals surface area (Å²) in [6, 6.07) is 13.4. The Morgan fingerprint density at radius 3 is 1.93 bits per heavy atom. The number of methoxy groups -OCH3 is 2. The van der Waals surface area contributed by atoms with E-state index in [9.17, 15) is 14.0 Å². The summed E-state index contributed by atoms with van der Waals surface area (Å²) in [6.45, 7) is 0.342. The zero-order valence-corrected chi connectivity index (χ0v) is 17.5. The molecule has 29 heavy (non-hydrogen) atoms. The van der Waals surface area contributed by atoms with E-state index in [2.05, 4.69) is 15.9 Å². The second-order valence-corrected chi connectivity index (χ2v) is 7.35. The van der Waals surface area contributed by atoms with Crippen LogP contribution in [0, 0.1) is 5.82 Å². The van der Waals surface area contributed by atoms with Gasteiger partial charge in [-0.15, -0.1) is 0 Å². The van der Waals surface area contributed by atoms with Gasteiger partial charge in [0.05, 0.1) is 31.3 Å². The van der Waals surface area contributed by atoms with E-state index in [0.717, 1.165) is 15.6 Å². The molecule has 1 aliphatic rings. The van der Waals surface area contributed by atoms with E-state index in [1.54, 1.807) is 29.4 Å². The van der Waals surface area contributed by atoms with E-state index in [1.807, 2.05) is 24.3 Å². The first-order chi connectivity index (χ1) is 13.9. The van der Waals surface area contributed by atoms with Crippen molar-refractivity contribution in [2.24, 2.45) is 0 Å². The standard InChI is InChI=1S/C22H19BrFNO4/c1-28-21(26)18-12-25(11-14-3-9-17(24)10-4-14)13-19(22(27)29-2)20(18)15-5-7-16(23)8-6-15/h3-10,12-13,20H,11H2,1-2H3. The fraction of sp³-hybridized carbons (Fsp3) is 0.182. The smallest absolute Gasteiger partial charge is 0.336 e. The maximum Gasteiger partial charge on any atom is 0.336 e. The summed E-state index contributed by atoms with van der Waals surface area (Å²) in [5.41, 5.74) is 2.18. The van der Waals surface area contributed by atoms with Crippen LogP contribution in [0.2, 0.25) is 0 Å². The average molecular weight is 460 g/mol. The lowest BCUT2D eigenvalue weighted by Gasteiger charge is -2.30. The zero-order valence-electron chi connectivity index (χ0n) is 15.9. The topological polar surface area (TPSA) is 55.8 Å². The van der Waals surface area contributed by atoms with Gasteiger partial charge in [-0.05, 0) is 35.4 Å². The Hall–Kier alpha value is -2.93. The molecule has 0 bridgehead atoms. The van der Waals surface area contributed by atoms with Gasteiger partial charge in [0.25, 0.3) is 0 Å². The van der Waals surface area contributed by atoms with Crippen LogP contribution in [0.1, 0.15) is 17.0 Å². The Bertz CT molecular complexity index is 933. The minimum atomic E-state index is -0.632. The number of carbonyl (C=O) groups is 2. The number of nitrogens with zero attached hydrogens (tertiary/aromatic N) is 1. The number of hydrogen-bond acceptors (Lipinski definition) is 5. The van der Waals surface area contributed by atoms with Crippen LogP contribution in [0.15, 0.2) is 76.5 Å². The fourth-order valence-corrected chi connectivity index (χ4v) is 3.46. The Kier molecular flexibility index (Phi) is 6.49. The van der Waals surface area contributed by atoms with E-state index in [-0.39, 0.29) is 5.82 Å². The average Bonchev–Trinajstić information content (AvgIpc) is 2.74. The van der Waals surface area contributed by atoms with Gasteiger partial charge in [-0.25, -0.2) is 14.0 Å². The summed E-state index contributed by atoms with van der Waals surface area (Å²) in [6.07, 6.45) is 3.29. The van der Waals surface area contributed by atoms with Crippen LogP contribution < -0.4 is 0 Å². The lowest BCUT2D eigenvalue weighted by atomic mass is 9.83. The second kappa shape index (κ2) is 9.05. The number of benzene rings is 2. The number of halogens is 2. The highest BCUT2D eigenvalue weighted by Crippen LogP contribution is 2.37. The molecule has 2 aromatic carbocycles. The summed E-state index contributed by atoms with van der Waals surface area (Å²) < 4.78 is 24.0. The lowest BCUT2D eigenvalue weighted by molar-refractivity contribution is -0.137. The van der Waals surface area contributed by atoms with Crippen LogP contribution >= 0.6 is 15.9 Å². The van der Waals surface area contributed by atoms with Gasteiger partial charge in [0.1, 0.15) is 5.82 Å². The summed E-state index contributed by atoms with van der Waals surface area (Å²) >= 11 is 3.39. The van der Waals surface area contributed by atoms with Gasteiger partial charge < -0.3 is 14.4 Å². The number of carbonyl (C=O) groups excluding carboxylic acids is 2. The SMILES string of the molecule is COC(=O)C1=CN(Cc2ccc(F)cc2)C=C(C(=O)OC)C1c1ccc(Br)cc1. The van der Waals surface area contributed by atoms with E-state index in [0.29, 0.717) is 17.7 Å². The van der Waals surface area contributed by atoms with Crippen molar-refractivity contribution in [2.45, 2.75) is 12.5 Å². The van der Waals surface area contributed by atoms with Gasteiger partial charge in [0, 0.05) is 23.4 Å². The first-order valence-corrected chi connectivity index (χ1v) is 9.58. The van der Waals surface area contributed by atoms with Gasteiger partial charge in [-0.2, -0.15) is 0 Å². The lowest BCUT2D eigenvalue weighted by Crippen LogP contribution is -2.28. The molecule has 0 amide bonds. The summed E-state index contributed by atoms with van der Waals surface area (Å²) in [7, 11) is 2.59. The molecule has 0 atom stereocenters. The molecule has 1 aliphatic heterocycles. The van der Waals surface area contributed by atoms with Crippen LogP contribution in [-0.2, 0) is 25.6 Å². The Labute approximate surface area is 176 Å². The van der Waals surface area contributed by atoms with Crippen molar-refractivity contribution in [1.29, 1.82) is 0 Å². The number of hydrogen-bond donors (Lipinski definition) is 0. The van der Waals surface area contributed by atoms with Crippen molar-refractivity contribution in [3.05, 3.63) is 93.5 Å². The molecule has 0 saturated carbocycles. The number of esters is 2. The third kappa shape index (κ3) is 4.74. The highest BCUT2D eigenvalue weighted by atomic mass is 79.9. The minimum absolute atomic E-state index is 0.305. The second-order valence-electron chi connectivity index (χ2n) is 6.44. The van der Waals surface area contributed by atoms with Gasteiger partial charge >= 0.3 is 11.9 Å². The first-order valence-electron chi connectivity index (χ1n) is 8.78. The van der Waals surface area contributed by atoms with Gasteiger partial charge in [0.2, 0.25) is 0 Å². The molecule has 0 saturated heterocycles. The predicted molar refractivity (Wildman–Crippen MR) is 109 cm³/mol. The van der Waals surface area contributed by atoms with Crippen LogP contribution in [0.4, 0.5) is 4.39 Å². The summed E-state index contributed by atoms with van der Waals surface area (Å²) in [4.78, 5) is 26.8. The molecule has 1 heterocycles. The third-order valence-electron chi connectivity index (χ3n) is 4.56. The molecular weight excluding hydrogens is 441 g/mol. The molecule has 0 aliphatic carbocycles. The Morgan fingerprint density at radius 2 is 1.45 bits per heavy atom. The summed E-state index contributed by atoms with van der Waals surface area (Å²) in [5.74, 6) is -2.06. The van der Waals surface area contributed by atoms with Crippen molar-refractivity contribution in [3.63, 3.8) is 0 Å². The Balaban J connectivity index is 2.05. The highest BCUT2D eigenvalue weighted by Gasteiger charge is 2.35. The van der Waals surface area contributed by atoms with Crippen LogP contribution in [0.25, 0.3) is 0 Å². The molecule has 0 N–H and O–H groups in total. The van der Waals surface area contributed by atoms with E-state index >= 15 is 0 Å². The normalized spacial score (nSPS) is 14.1. The van der Waals surface area contributed by atoms with Gasteiger partial charge in [-0.3, -0.25) is 0 Å². The monoisotopic (exact) mass is 459 g/mol. The summed E-state index contributed by atoms with van der Waals surface area (Å²) in [5, 5.41) is 0. The quantitative estimate of drug-likeness (QED) is 0.623. The van der Waals surface area contributed by atoms with Gasteiger partial charge in [-0.1, -0.05) is 40.2 Å². The maximum absolute atomic E-state index is 13.2. The molecular formula is C22H19BrFNO4. The molecule has 0 fully saturated rings. The van der Waals surface area contributed by atoms with Crippen LogP contribution in [0.5, 0.6) is 0 Å². The highest BCUT2D eigenvalue weighted by molar-refractivity contribution is 9.10. The molecule has 150 valence electrons. The molecule has 0 aromatic heterocycles. The molecule has 2 aromatic rings. The fourth-order valence-electron chi connectivity index (χ4n) is 3.19. The number of ether oxygens (including phenoxy) is 2. The van der Waals surface area contributed by atoms with Crippen molar-refractivity contribution in [2.75, 3.05) is 14.2 Å². The Morgan fingerprint density at radius 1 is 0.931 bits per heavy atom.